The molecule has 3 rings (SSSR count). The van der Waals surface area contributed by atoms with Crippen LogP contribution >= 0.6 is 0 Å². The molecule has 2 atom stereocenters. The van der Waals surface area contributed by atoms with Crippen molar-refractivity contribution in [2.45, 2.75) is 38.0 Å². The van der Waals surface area contributed by atoms with Gasteiger partial charge in [0.1, 0.15) is 11.3 Å². The molecule has 24 heavy (non-hydrogen) atoms. The van der Waals surface area contributed by atoms with E-state index in [9.17, 15) is 18.4 Å². The quantitative estimate of drug-likeness (QED) is 0.835. The highest BCUT2D eigenvalue weighted by atomic mass is 19.3. The van der Waals surface area contributed by atoms with Crippen molar-refractivity contribution >= 4 is 11.9 Å². The number of amides is 3. The average molecular weight is 340 g/mol. The van der Waals surface area contributed by atoms with Gasteiger partial charge in [0.05, 0.1) is 12.6 Å². The van der Waals surface area contributed by atoms with Gasteiger partial charge in [0.25, 0.3) is 5.91 Å². The lowest BCUT2D eigenvalue weighted by Crippen LogP contribution is -2.42. The topological polar surface area (TPSA) is 67.9 Å². The number of alkyl halides is 2. The third kappa shape index (κ3) is 3.06. The molecule has 2 fully saturated rings. The van der Waals surface area contributed by atoms with Crippen molar-refractivity contribution in [3.05, 3.63) is 29.8 Å². The number of hydrogen-bond donors (Lipinski definition) is 1. The maximum absolute atomic E-state index is 12.7. The summed E-state index contributed by atoms with van der Waals surface area (Å²) in [7, 11) is 0. The summed E-state index contributed by atoms with van der Waals surface area (Å²) in [5.74, 6) is -0.393. The van der Waals surface area contributed by atoms with E-state index in [0.717, 1.165) is 17.7 Å². The summed E-state index contributed by atoms with van der Waals surface area (Å²) in [5, 5.41) is 2.67. The summed E-state index contributed by atoms with van der Waals surface area (Å²) in [6.45, 7) is -0.475. The van der Waals surface area contributed by atoms with Gasteiger partial charge in [-0.2, -0.15) is 8.78 Å². The molecular weight excluding hydrogens is 322 g/mol. The van der Waals surface area contributed by atoms with E-state index >= 15 is 0 Å². The van der Waals surface area contributed by atoms with Gasteiger partial charge in [0, 0.05) is 6.61 Å². The van der Waals surface area contributed by atoms with Gasteiger partial charge >= 0.3 is 12.6 Å². The summed E-state index contributed by atoms with van der Waals surface area (Å²) >= 11 is 0. The Morgan fingerprint density at radius 1 is 1.38 bits per heavy atom. The Hall–Kier alpha value is -2.22. The van der Waals surface area contributed by atoms with Crippen LogP contribution in [0.4, 0.5) is 13.6 Å². The van der Waals surface area contributed by atoms with Gasteiger partial charge in [-0.25, -0.2) is 4.79 Å². The van der Waals surface area contributed by atoms with Gasteiger partial charge in [-0.05, 0) is 37.5 Å². The van der Waals surface area contributed by atoms with E-state index in [1.807, 2.05) is 0 Å². The summed E-state index contributed by atoms with van der Waals surface area (Å²) in [6, 6.07) is 5.19. The monoisotopic (exact) mass is 340 g/mol. The van der Waals surface area contributed by atoms with E-state index in [4.69, 9.17) is 4.74 Å². The number of carbonyl (C=O) groups is 2. The number of imide groups is 1. The van der Waals surface area contributed by atoms with Crippen molar-refractivity contribution in [1.82, 2.24) is 10.2 Å². The van der Waals surface area contributed by atoms with Crippen molar-refractivity contribution in [3.8, 4) is 5.75 Å². The number of ether oxygens (including phenoxy) is 2. The molecule has 1 N–H and O–H groups in total. The smallest absolute Gasteiger partial charge is 0.387 e. The Morgan fingerprint density at radius 2 is 2.08 bits per heavy atom. The highest BCUT2D eigenvalue weighted by molar-refractivity contribution is 6.07. The van der Waals surface area contributed by atoms with Crippen LogP contribution in [0.15, 0.2) is 24.3 Å². The molecule has 0 saturated carbocycles. The van der Waals surface area contributed by atoms with Crippen molar-refractivity contribution in [1.29, 1.82) is 0 Å². The third-order valence-corrected chi connectivity index (χ3v) is 4.34. The van der Waals surface area contributed by atoms with Crippen LogP contribution in [-0.4, -0.2) is 42.7 Å². The molecule has 1 aromatic rings. The van der Waals surface area contributed by atoms with Gasteiger partial charge in [0.2, 0.25) is 0 Å². The van der Waals surface area contributed by atoms with E-state index in [-0.39, 0.29) is 24.3 Å². The van der Waals surface area contributed by atoms with Gasteiger partial charge in [0.15, 0.2) is 0 Å². The molecular formula is C16H18F2N2O4. The molecule has 0 unspecified atom stereocenters. The average Bonchev–Trinajstić information content (AvgIpc) is 3.11. The van der Waals surface area contributed by atoms with Crippen molar-refractivity contribution < 1.29 is 27.8 Å². The summed E-state index contributed by atoms with van der Waals surface area (Å²) in [6.07, 6.45) is 1.59. The number of nitrogens with zero attached hydrogens (tertiary/aromatic N) is 1. The van der Waals surface area contributed by atoms with Crippen molar-refractivity contribution in [3.63, 3.8) is 0 Å². The van der Waals surface area contributed by atoms with Crippen LogP contribution in [0.2, 0.25) is 0 Å². The van der Waals surface area contributed by atoms with Crippen LogP contribution in [0.25, 0.3) is 0 Å². The standard InChI is InChI=1S/C16H18F2N2O4/c1-16(10-4-6-11(7-5-10)24-14(17)18)13(21)20(15(22)19-16)9-12-3-2-8-23-12/h4-7,12,14H,2-3,8-9H2,1H3,(H,19,22)/t12-,16-/m0/s1. The lowest BCUT2D eigenvalue weighted by Gasteiger charge is -2.23. The molecule has 1 aromatic carbocycles. The lowest BCUT2D eigenvalue weighted by atomic mass is 9.92. The van der Waals surface area contributed by atoms with Crippen LogP contribution in [0, 0.1) is 0 Å². The van der Waals surface area contributed by atoms with Crippen molar-refractivity contribution in [2.75, 3.05) is 13.2 Å². The van der Waals surface area contributed by atoms with E-state index in [1.54, 1.807) is 6.92 Å². The highest BCUT2D eigenvalue weighted by Gasteiger charge is 2.49. The molecule has 8 heteroatoms. The number of nitrogens with one attached hydrogen (secondary N) is 1. The molecule has 2 aliphatic heterocycles. The second-order valence-electron chi connectivity index (χ2n) is 6.01. The second kappa shape index (κ2) is 6.35. The molecule has 0 bridgehead atoms. The predicted octanol–water partition coefficient (Wildman–Crippen LogP) is 2.23. The molecule has 2 aliphatic rings. The molecule has 0 aliphatic carbocycles. The number of carbonyl (C=O) groups excluding carboxylic acids is 2. The van der Waals surface area contributed by atoms with Crippen molar-refractivity contribution in [2.24, 2.45) is 0 Å². The molecule has 2 heterocycles. The molecule has 2 saturated heterocycles. The molecule has 6 nitrogen and oxygen atoms in total. The van der Waals surface area contributed by atoms with Crippen LogP contribution < -0.4 is 10.1 Å². The molecule has 0 aromatic heterocycles. The van der Waals surface area contributed by atoms with E-state index in [2.05, 4.69) is 10.1 Å². The third-order valence-electron chi connectivity index (χ3n) is 4.34. The zero-order valence-electron chi connectivity index (χ0n) is 13.1. The lowest BCUT2D eigenvalue weighted by molar-refractivity contribution is -0.132. The van der Waals surface area contributed by atoms with Gasteiger partial charge in [-0.1, -0.05) is 12.1 Å². The van der Waals surface area contributed by atoms with E-state index in [0.29, 0.717) is 12.2 Å². The first-order chi connectivity index (χ1) is 11.4. The highest BCUT2D eigenvalue weighted by Crippen LogP contribution is 2.31. The second-order valence-corrected chi connectivity index (χ2v) is 6.01. The maximum atomic E-state index is 12.7. The normalized spacial score (nSPS) is 27.0. The number of rotatable bonds is 5. The summed E-state index contributed by atoms with van der Waals surface area (Å²) < 4.78 is 34.2. The summed E-state index contributed by atoms with van der Waals surface area (Å²) in [4.78, 5) is 26.1. The molecule has 0 radical (unpaired) electrons. The fourth-order valence-corrected chi connectivity index (χ4v) is 3.02. The Morgan fingerprint density at radius 3 is 2.67 bits per heavy atom. The van der Waals surface area contributed by atoms with Crippen LogP contribution in [0.1, 0.15) is 25.3 Å². The van der Waals surface area contributed by atoms with Gasteiger partial charge in [-0.15, -0.1) is 0 Å². The minimum atomic E-state index is -2.92. The van der Waals surface area contributed by atoms with Crippen LogP contribution in [-0.2, 0) is 15.1 Å². The fraction of sp³-hybridized carbons (Fsp3) is 0.500. The SMILES string of the molecule is C[C@@]1(c2ccc(OC(F)F)cc2)NC(=O)N(C[C@@H]2CCCO2)C1=O. The van der Waals surface area contributed by atoms with E-state index in [1.165, 1.54) is 24.3 Å². The maximum Gasteiger partial charge on any atom is 0.387 e. The Kier molecular flexibility index (Phi) is 4.40. The Balaban J connectivity index is 1.76. The van der Waals surface area contributed by atoms with Crippen LogP contribution in [0.3, 0.4) is 0 Å². The van der Waals surface area contributed by atoms with Crippen LogP contribution in [0.5, 0.6) is 5.75 Å². The largest absolute Gasteiger partial charge is 0.435 e. The fourth-order valence-electron chi connectivity index (χ4n) is 3.02. The number of halogens is 2. The minimum absolute atomic E-state index is 0.00895. The molecule has 0 spiro atoms. The predicted molar refractivity (Wildman–Crippen MR) is 79.6 cm³/mol. The zero-order chi connectivity index (χ0) is 17.3. The molecule has 3 amide bonds. The first kappa shape index (κ1) is 16.6. The Bertz CT molecular complexity index is 631. The first-order valence-corrected chi connectivity index (χ1v) is 7.71. The molecule has 130 valence electrons. The number of urea groups is 1. The summed E-state index contributed by atoms with van der Waals surface area (Å²) in [5.41, 5.74) is -0.740. The minimum Gasteiger partial charge on any atom is -0.435 e. The number of benzene rings is 1. The number of hydrogen-bond acceptors (Lipinski definition) is 4. The Labute approximate surface area is 137 Å². The van der Waals surface area contributed by atoms with Gasteiger partial charge < -0.3 is 14.8 Å². The zero-order valence-corrected chi connectivity index (χ0v) is 13.1. The first-order valence-electron chi connectivity index (χ1n) is 7.71. The van der Waals surface area contributed by atoms with E-state index < -0.39 is 18.2 Å². The van der Waals surface area contributed by atoms with Gasteiger partial charge in [-0.3, -0.25) is 9.69 Å².